The Hall–Kier alpha value is -1.40. The van der Waals surface area contributed by atoms with Gasteiger partial charge in [-0.2, -0.15) is 4.98 Å². The van der Waals surface area contributed by atoms with Crippen LogP contribution in [0.15, 0.2) is 6.07 Å². The highest BCUT2D eigenvalue weighted by Crippen LogP contribution is 2.36. The van der Waals surface area contributed by atoms with Crippen molar-refractivity contribution >= 4 is 33.3 Å². The number of nitrogens with one attached hydrogen (secondary N) is 2. The first-order chi connectivity index (χ1) is 10.2. The monoisotopic (exact) mass is 305 g/mol. The van der Waals surface area contributed by atoms with Crippen LogP contribution in [0, 0.1) is 5.92 Å². The summed E-state index contributed by atoms with van der Waals surface area (Å²) in [6, 6.07) is 2.68. The van der Waals surface area contributed by atoms with Crippen molar-refractivity contribution in [3.63, 3.8) is 0 Å². The van der Waals surface area contributed by atoms with E-state index < -0.39 is 0 Å². The first-order valence-corrected chi connectivity index (χ1v) is 8.58. The maximum Gasteiger partial charge on any atom is 0.240 e. The van der Waals surface area contributed by atoms with Crippen LogP contribution in [-0.4, -0.2) is 16.0 Å². The highest BCUT2D eigenvalue weighted by atomic mass is 32.1. The normalized spacial score (nSPS) is 16.1. The molecule has 1 unspecified atom stereocenters. The number of nitrogens with zero attached hydrogens (tertiary/aromatic N) is 2. The minimum Gasteiger partial charge on any atom is -0.367 e. The molecule has 0 spiro atoms. The van der Waals surface area contributed by atoms with Crippen molar-refractivity contribution < 1.29 is 0 Å². The highest BCUT2D eigenvalue weighted by Gasteiger charge is 2.25. The maximum absolute atomic E-state index is 5.50. The molecule has 0 aromatic carbocycles. The summed E-state index contributed by atoms with van der Waals surface area (Å²) in [5.41, 5.74) is 2.58. The molecule has 1 atom stereocenters. The lowest BCUT2D eigenvalue weighted by Crippen LogP contribution is -2.21. The van der Waals surface area contributed by atoms with Crippen LogP contribution in [0.1, 0.15) is 44.4 Å². The van der Waals surface area contributed by atoms with Crippen LogP contribution in [0.2, 0.25) is 0 Å². The molecule has 0 aliphatic heterocycles. The summed E-state index contributed by atoms with van der Waals surface area (Å²) >= 11 is 1.72. The Kier molecular flexibility index (Phi) is 4.26. The van der Waals surface area contributed by atoms with Gasteiger partial charge < -0.3 is 5.32 Å². The fourth-order valence-corrected chi connectivity index (χ4v) is 3.56. The van der Waals surface area contributed by atoms with Gasteiger partial charge in [-0.15, -0.1) is 11.3 Å². The second-order valence-electron chi connectivity index (χ2n) is 5.75. The van der Waals surface area contributed by atoms with Crippen molar-refractivity contribution in [2.45, 2.75) is 52.0 Å². The number of nitrogen functional groups attached to an aromatic ring is 1. The average Bonchev–Trinajstić information content (AvgIpc) is 3.22. The van der Waals surface area contributed by atoms with Crippen LogP contribution in [-0.2, 0) is 6.42 Å². The van der Waals surface area contributed by atoms with Gasteiger partial charge in [0, 0.05) is 10.9 Å². The van der Waals surface area contributed by atoms with Gasteiger partial charge in [-0.25, -0.2) is 10.8 Å². The molecule has 1 aliphatic rings. The van der Waals surface area contributed by atoms with Crippen LogP contribution in [0.25, 0.3) is 10.2 Å². The second kappa shape index (κ2) is 6.15. The van der Waals surface area contributed by atoms with Crippen molar-refractivity contribution in [2.75, 3.05) is 10.7 Å². The predicted molar refractivity (Wildman–Crippen MR) is 89.6 cm³/mol. The van der Waals surface area contributed by atoms with Crippen LogP contribution in [0.5, 0.6) is 0 Å². The highest BCUT2D eigenvalue weighted by molar-refractivity contribution is 7.18. The van der Waals surface area contributed by atoms with Gasteiger partial charge in [-0.3, -0.25) is 5.43 Å². The van der Waals surface area contributed by atoms with Crippen molar-refractivity contribution in [3.8, 4) is 0 Å². The van der Waals surface area contributed by atoms with E-state index in [-0.39, 0.29) is 0 Å². The van der Waals surface area contributed by atoms with Crippen molar-refractivity contribution in [1.82, 2.24) is 9.97 Å². The molecule has 1 fully saturated rings. The number of fused-ring (bicyclic) bond motifs is 1. The van der Waals surface area contributed by atoms with Crippen molar-refractivity contribution in [2.24, 2.45) is 11.8 Å². The fourth-order valence-electron chi connectivity index (χ4n) is 2.60. The summed E-state index contributed by atoms with van der Waals surface area (Å²) in [4.78, 5) is 11.3. The van der Waals surface area contributed by atoms with Crippen molar-refractivity contribution in [3.05, 3.63) is 10.9 Å². The van der Waals surface area contributed by atoms with Crippen LogP contribution in [0.4, 0.5) is 11.8 Å². The van der Waals surface area contributed by atoms with E-state index in [2.05, 4.69) is 40.6 Å². The number of aryl methyl sites for hydroxylation is 1. The molecule has 0 radical (unpaired) electrons. The third-order valence-electron chi connectivity index (χ3n) is 4.07. The first kappa shape index (κ1) is 14.5. The third kappa shape index (κ3) is 3.27. The Morgan fingerprint density at radius 3 is 2.81 bits per heavy atom. The van der Waals surface area contributed by atoms with Crippen LogP contribution < -0.4 is 16.6 Å². The third-order valence-corrected chi connectivity index (χ3v) is 5.24. The van der Waals surface area contributed by atoms with E-state index >= 15 is 0 Å². The minimum atomic E-state index is 0.478. The smallest absolute Gasteiger partial charge is 0.240 e. The molecule has 2 aromatic rings. The minimum absolute atomic E-state index is 0.478. The Morgan fingerprint density at radius 2 is 2.19 bits per heavy atom. The van der Waals surface area contributed by atoms with E-state index in [1.165, 1.54) is 24.1 Å². The van der Waals surface area contributed by atoms with E-state index in [1.807, 2.05) is 0 Å². The largest absolute Gasteiger partial charge is 0.367 e. The zero-order valence-corrected chi connectivity index (χ0v) is 13.5. The zero-order valence-electron chi connectivity index (χ0n) is 12.6. The molecular weight excluding hydrogens is 282 g/mol. The van der Waals surface area contributed by atoms with Gasteiger partial charge in [0.05, 0.1) is 5.39 Å². The van der Waals surface area contributed by atoms with Gasteiger partial charge in [-0.1, -0.05) is 26.7 Å². The summed E-state index contributed by atoms with van der Waals surface area (Å²) < 4.78 is 0. The molecule has 0 bridgehead atoms. The topological polar surface area (TPSA) is 75.9 Å². The molecule has 4 N–H and O–H groups in total. The van der Waals surface area contributed by atoms with E-state index in [4.69, 9.17) is 5.84 Å². The molecule has 0 amide bonds. The molecule has 6 heteroatoms. The van der Waals surface area contributed by atoms with Crippen LogP contribution >= 0.6 is 11.3 Å². The fraction of sp³-hybridized carbons (Fsp3) is 0.600. The van der Waals surface area contributed by atoms with Gasteiger partial charge >= 0.3 is 0 Å². The quantitative estimate of drug-likeness (QED) is 0.539. The average molecular weight is 305 g/mol. The van der Waals surface area contributed by atoms with Gasteiger partial charge in [-0.05, 0) is 31.2 Å². The Bertz CT molecular complexity index is 620. The van der Waals surface area contributed by atoms with Gasteiger partial charge in [0.2, 0.25) is 5.95 Å². The summed E-state index contributed by atoms with van der Waals surface area (Å²) in [5, 5.41) is 4.73. The SMILES string of the molecule is CCc1cc2c(NC(CC)CC3CC3)nc(NN)nc2s1. The molecule has 3 rings (SSSR count). The van der Waals surface area contributed by atoms with Crippen LogP contribution in [0.3, 0.4) is 0 Å². The summed E-state index contributed by atoms with van der Waals surface area (Å²) in [6.07, 6.45) is 6.12. The Morgan fingerprint density at radius 1 is 1.38 bits per heavy atom. The Labute approximate surface area is 129 Å². The number of rotatable bonds is 7. The molecule has 1 saturated carbocycles. The number of aromatic nitrogens is 2. The molecular formula is C15H23N5S. The second-order valence-corrected chi connectivity index (χ2v) is 6.87. The molecule has 2 heterocycles. The summed E-state index contributed by atoms with van der Waals surface area (Å²) in [6.45, 7) is 4.39. The van der Waals surface area contributed by atoms with Crippen molar-refractivity contribution in [1.29, 1.82) is 0 Å². The summed E-state index contributed by atoms with van der Waals surface area (Å²) in [5.74, 6) is 7.80. The Balaban J connectivity index is 1.92. The van der Waals surface area contributed by atoms with E-state index in [9.17, 15) is 0 Å². The molecule has 114 valence electrons. The lowest BCUT2D eigenvalue weighted by molar-refractivity contribution is 0.586. The number of thiophene rings is 1. The lowest BCUT2D eigenvalue weighted by Gasteiger charge is -2.18. The van der Waals surface area contributed by atoms with Gasteiger partial charge in [0.15, 0.2) is 0 Å². The molecule has 2 aromatic heterocycles. The standard InChI is InChI=1S/C15H23N5S/c1-3-10(7-9-5-6-9)17-13-12-8-11(4-2)21-14(12)19-15(18-13)20-16/h8-10H,3-7,16H2,1-2H3,(H2,17,18,19,20). The molecule has 5 nitrogen and oxygen atoms in total. The molecule has 0 saturated heterocycles. The zero-order chi connectivity index (χ0) is 14.8. The van der Waals surface area contributed by atoms with E-state index in [0.717, 1.165) is 34.8 Å². The summed E-state index contributed by atoms with van der Waals surface area (Å²) in [7, 11) is 0. The van der Waals surface area contributed by atoms with E-state index in [0.29, 0.717) is 12.0 Å². The number of hydrogen-bond acceptors (Lipinski definition) is 6. The lowest BCUT2D eigenvalue weighted by atomic mass is 10.1. The molecule has 1 aliphatic carbocycles. The number of hydrazine groups is 1. The molecule has 21 heavy (non-hydrogen) atoms. The maximum atomic E-state index is 5.50. The number of hydrogen-bond donors (Lipinski definition) is 3. The first-order valence-electron chi connectivity index (χ1n) is 7.77. The van der Waals surface area contributed by atoms with Gasteiger partial charge in [0.25, 0.3) is 0 Å². The predicted octanol–water partition coefficient (Wildman–Crippen LogP) is 3.53. The number of anilines is 2. The van der Waals surface area contributed by atoms with Gasteiger partial charge in [0.1, 0.15) is 10.6 Å². The van der Waals surface area contributed by atoms with E-state index in [1.54, 1.807) is 11.3 Å². The number of nitrogens with two attached hydrogens (primary N) is 1.